The summed E-state index contributed by atoms with van der Waals surface area (Å²) in [7, 11) is 0. The van der Waals surface area contributed by atoms with Crippen LogP contribution < -0.4 is 19.7 Å². The fourth-order valence-corrected chi connectivity index (χ4v) is 7.20. The Bertz CT molecular complexity index is 1300. The van der Waals surface area contributed by atoms with Gasteiger partial charge in [0.05, 0.1) is 21.8 Å². The number of nitrogens with zero attached hydrogens (tertiary/aromatic N) is 1. The average molecular weight is 608 g/mol. The summed E-state index contributed by atoms with van der Waals surface area (Å²) in [6, 6.07) is 22.4. The van der Waals surface area contributed by atoms with Crippen LogP contribution in [0.15, 0.2) is 82.6 Å². The first-order valence-corrected chi connectivity index (χ1v) is 17.0. The Labute approximate surface area is 257 Å². The van der Waals surface area contributed by atoms with Crippen molar-refractivity contribution in [1.82, 2.24) is 10.0 Å². The van der Waals surface area contributed by atoms with Gasteiger partial charge in [-0.1, -0.05) is 88.1 Å². The molecule has 0 aromatic heterocycles. The van der Waals surface area contributed by atoms with Gasteiger partial charge in [-0.3, -0.25) is 4.79 Å². The van der Waals surface area contributed by atoms with E-state index in [9.17, 15) is 14.1 Å². The molecule has 1 aliphatic heterocycles. The van der Waals surface area contributed by atoms with Gasteiger partial charge in [0.15, 0.2) is 6.61 Å². The van der Waals surface area contributed by atoms with E-state index >= 15 is 0 Å². The van der Waals surface area contributed by atoms with Crippen LogP contribution in [-0.2, 0) is 21.0 Å². The number of hydrogen-bond donors (Lipinski definition) is 2. The van der Waals surface area contributed by atoms with Crippen LogP contribution in [0.2, 0.25) is 0 Å². The third-order valence-electron chi connectivity index (χ3n) is 7.56. The first-order chi connectivity index (χ1) is 20.4. The minimum atomic E-state index is -1.50. The second-order valence-corrected chi connectivity index (χ2v) is 12.7. The molecule has 0 bridgehead atoms. The van der Waals surface area contributed by atoms with Crippen molar-refractivity contribution in [2.75, 3.05) is 24.3 Å². The van der Waals surface area contributed by atoms with Crippen LogP contribution in [0.5, 0.6) is 5.75 Å². The Morgan fingerprint density at radius 2 is 1.74 bits per heavy atom. The summed E-state index contributed by atoms with van der Waals surface area (Å²) >= 11 is 0.00779. The minimum absolute atomic E-state index is 0.275. The lowest BCUT2D eigenvalue weighted by atomic mass is 9.87. The van der Waals surface area contributed by atoms with Gasteiger partial charge < -0.3 is 24.3 Å². The molecule has 0 fully saturated rings. The normalized spacial score (nSPS) is 16.7. The van der Waals surface area contributed by atoms with Gasteiger partial charge in [-0.2, -0.15) is 0 Å². The van der Waals surface area contributed by atoms with Crippen LogP contribution in [0.25, 0.3) is 0 Å². The lowest BCUT2D eigenvalue weighted by Crippen LogP contribution is -2.53. The Kier molecular flexibility index (Phi) is 11.8. The number of para-hydroxylation sites is 1. The third-order valence-corrected chi connectivity index (χ3v) is 9.67. The molecule has 1 heterocycles. The molecule has 0 saturated heterocycles. The minimum Gasteiger partial charge on any atom is -0.593 e. The van der Waals surface area contributed by atoms with Crippen LogP contribution in [-0.4, -0.2) is 41.7 Å². The molecule has 0 saturated carbocycles. The van der Waals surface area contributed by atoms with Crippen LogP contribution in [0, 0.1) is 0 Å². The molecule has 3 aromatic carbocycles. The topological polar surface area (TPSA) is 93.7 Å². The molecule has 42 heavy (non-hydrogen) atoms. The van der Waals surface area contributed by atoms with Crippen molar-refractivity contribution >= 4 is 46.7 Å². The highest BCUT2D eigenvalue weighted by molar-refractivity contribution is 7.98. The van der Waals surface area contributed by atoms with Gasteiger partial charge in [0.25, 0.3) is 5.91 Å². The summed E-state index contributed by atoms with van der Waals surface area (Å²) in [4.78, 5) is 28.2. The number of ether oxygens (including phenoxy) is 1. The maximum Gasteiger partial charge on any atom is 0.258 e. The van der Waals surface area contributed by atoms with Gasteiger partial charge in [-0.15, -0.1) is 16.5 Å². The largest absolute Gasteiger partial charge is 0.593 e. The highest BCUT2D eigenvalue weighted by atomic mass is 32.2. The summed E-state index contributed by atoms with van der Waals surface area (Å²) in [5, 5.41) is 2.73. The predicted molar refractivity (Wildman–Crippen MR) is 172 cm³/mol. The monoisotopic (exact) mass is 607 g/mol. The van der Waals surface area contributed by atoms with E-state index in [1.165, 1.54) is 11.8 Å². The second kappa shape index (κ2) is 15.5. The zero-order chi connectivity index (χ0) is 30.0. The number of benzene rings is 3. The molecule has 2 N–H and O–H groups in total. The average Bonchev–Trinajstić information content (AvgIpc) is 3.14. The number of aldehydes is 1. The van der Waals surface area contributed by atoms with Crippen molar-refractivity contribution < 1.29 is 18.9 Å². The van der Waals surface area contributed by atoms with E-state index in [1.807, 2.05) is 48.7 Å². The van der Waals surface area contributed by atoms with Crippen LogP contribution in [0.1, 0.15) is 64.0 Å². The van der Waals surface area contributed by atoms with Gasteiger partial charge in [0.1, 0.15) is 23.8 Å². The molecule has 4 rings (SSSR count). The Morgan fingerprint density at radius 3 is 2.33 bits per heavy atom. The van der Waals surface area contributed by atoms with Gasteiger partial charge >= 0.3 is 0 Å². The lowest BCUT2D eigenvalue weighted by Gasteiger charge is -2.36. The van der Waals surface area contributed by atoms with Crippen molar-refractivity contribution in [2.24, 2.45) is 0 Å². The summed E-state index contributed by atoms with van der Waals surface area (Å²) < 4.78 is 23.6. The molecule has 1 aliphatic rings. The highest BCUT2D eigenvalue weighted by Crippen LogP contribution is 2.44. The molecular weight excluding hydrogens is 567 g/mol. The van der Waals surface area contributed by atoms with Gasteiger partial charge in [0.2, 0.25) is 4.90 Å². The van der Waals surface area contributed by atoms with Gasteiger partial charge in [-0.05, 0) is 42.9 Å². The number of unbranched alkanes of at least 4 members (excludes halogenated alkanes) is 2. The van der Waals surface area contributed by atoms with Crippen LogP contribution in [0.4, 0.5) is 11.4 Å². The van der Waals surface area contributed by atoms with E-state index in [2.05, 4.69) is 40.9 Å². The number of rotatable bonds is 14. The lowest BCUT2D eigenvalue weighted by molar-refractivity contribution is -0.125. The van der Waals surface area contributed by atoms with E-state index in [1.54, 1.807) is 18.2 Å². The molecular formula is C33H41N3O4S2. The number of hydrogen-bond acceptors (Lipinski definition) is 7. The number of nitrogens with one attached hydrogen (secondary N) is 2. The molecule has 2 atom stereocenters. The van der Waals surface area contributed by atoms with E-state index in [0.29, 0.717) is 29.0 Å². The Morgan fingerprint density at radius 1 is 1.10 bits per heavy atom. The van der Waals surface area contributed by atoms with Crippen LogP contribution >= 0.6 is 11.8 Å². The zero-order valence-electron chi connectivity index (χ0n) is 24.6. The van der Waals surface area contributed by atoms with Crippen LogP contribution in [0.3, 0.4) is 0 Å². The fraction of sp³-hybridized carbons (Fsp3) is 0.394. The van der Waals surface area contributed by atoms with E-state index in [0.717, 1.165) is 54.8 Å². The first kappa shape index (κ1) is 31.9. The molecule has 2 unspecified atom stereocenters. The number of carbonyl (C=O) groups excluding carboxylic acids is 2. The van der Waals surface area contributed by atoms with Crippen molar-refractivity contribution in [1.29, 1.82) is 0 Å². The standard InChI is InChI=1S/C33H41N3O4S2/c1-4-6-18-33(19-7-5-2)24-36(26-16-12-9-13-17-26)28-20-30(41-3)29(21-31(28)42(39)35-33)40-23-32(38)34-27(22-37)25-14-10-8-11-15-25/h8-17,20-22,27,35H,4-7,18-19,23-24H2,1-3H3,(H,34,38). The summed E-state index contributed by atoms with van der Waals surface area (Å²) in [5.41, 5.74) is 2.28. The van der Waals surface area contributed by atoms with Crippen molar-refractivity contribution in [2.45, 2.75) is 73.7 Å². The van der Waals surface area contributed by atoms with Crippen molar-refractivity contribution in [3.8, 4) is 5.75 Å². The molecule has 3 aromatic rings. The van der Waals surface area contributed by atoms with Gasteiger partial charge in [0, 0.05) is 18.3 Å². The molecule has 224 valence electrons. The van der Waals surface area contributed by atoms with Crippen molar-refractivity contribution in [3.05, 3.63) is 78.4 Å². The number of carbonyl (C=O) groups is 2. The number of fused-ring (bicyclic) bond motifs is 1. The number of amides is 1. The SMILES string of the molecule is CCCCC1(CCCC)CN(c2ccccc2)c2cc(SC)c(OCC(=O)NC(C=O)c3ccccc3)cc2[S+]([O-])N1. The second-order valence-electron chi connectivity index (χ2n) is 10.6. The highest BCUT2D eigenvalue weighted by Gasteiger charge is 2.42. The van der Waals surface area contributed by atoms with E-state index < -0.39 is 23.3 Å². The maximum absolute atomic E-state index is 14.0. The Balaban J connectivity index is 1.65. The fourth-order valence-electron chi connectivity index (χ4n) is 5.30. The number of anilines is 2. The molecule has 1 amide bonds. The van der Waals surface area contributed by atoms with Crippen molar-refractivity contribution in [3.63, 3.8) is 0 Å². The molecule has 0 radical (unpaired) electrons. The Hall–Kier alpha value is -2.98. The summed E-state index contributed by atoms with van der Waals surface area (Å²) in [5.74, 6) is 0.0674. The molecule has 9 heteroatoms. The molecule has 0 aliphatic carbocycles. The van der Waals surface area contributed by atoms with Gasteiger partial charge in [-0.25, -0.2) is 0 Å². The predicted octanol–water partition coefficient (Wildman–Crippen LogP) is 6.73. The molecule has 7 nitrogen and oxygen atoms in total. The maximum atomic E-state index is 14.0. The first-order valence-electron chi connectivity index (χ1n) is 14.6. The van der Waals surface area contributed by atoms with E-state index in [4.69, 9.17) is 4.74 Å². The zero-order valence-corrected chi connectivity index (χ0v) is 26.3. The summed E-state index contributed by atoms with van der Waals surface area (Å²) in [6.07, 6.45) is 8.71. The number of thioether (sulfide) groups is 1. The molecule has 0 spiro atoms. The third kappa shape index (κ3) is 7.89. The smallest absolute Gasteiger partial charge is 0.258 e. The quantitative estimate of drug-likeness (QED) is 0.119. The van der Waals surface area contributed by atoms with E-state index in [-0.39, 0.29) is 12.1 Å². The summed E-state index contributed by atoms with van der Waals surface area (Å²) in [6.45, 7) is 4.79.